The molecule has 2 heterocycles. The van der Waals surface area contributed by atoms with E-state index in [0.29, 0.717) is 35.8 Å². The van der Waals surface area contributed by atoms with Gasteiger partial charge < -0.3 is 25.4 Å². The van der Waals surface area contributed by atoms with Crippen molar-refractivity contribution in [3.8, 4) is 11.5 Å². The Morgan fingerprint density at radius 2 is 1.91 bits per heavy atom. The van der Waals surface area contributed by atoms with Crippen LogP contribution in [0.5, 0.6) is 11.5 Å². The molecular weight excluding hydrogens is 298 g/mol. The third kappa shape index (κ3) is 3.67. The molecule has 3 rings (SSSR count). The maximum Gasteiger partial charge on any atom is 0.244 e. The lowest BCUT2D eigenvalue weighted by Gasteiger charge is -2.24. The number of ether oxygens (including phenoxy) is 2. The minimum atomic E-state index is -0.260. The predicted molar refractivity (Wildman–Crippen MR) is 85.3 cm³/mol. The Hall–Kier alpha value is -2.44. The maximum absolute atomic E-state index is 12.2. The van der Waals surface area contributed by atoms with Gasteiger partial charge >= 0.3 is 0 Å². The molecule has 1 aromatic rings. The molecule has 0 spiro atoms. The van der Waals surface area contributed by atoms with Gasteiger partial charge in [-0.3, -0.25) is 9.59 Å². The van der Waals surface area contributed by atoms with Crippen LogP contribution in [0.15, 0.2) is 12.1 Å². The zero-order valence-corrected chi connectivity index (χ0v) is 13.0. The molecule has 2 amide bonds. The summed E-state index contributed by atoms with van der Waals surface area (Å²) in [5.41, 5.74) is 6.79. The molecule has 23 heavy (non-hydrogen) atoms. The summed E-state index contributed by atoms with van der Waals surface area (Å²) in [4.78, 5) is 25.9. The van der Waals surface area contributed by atoms with Gasteiger partial charge in [-0.05, 0) is 12.8 Å². The number of fused-ring (bicyclic) bond motifs is 1. The Morgan fingerprint density at radius 1 is 1.17 bits per heavy atom. The number of nitrogens with zero attached hydrogens (tertiary/aromatic N) is 1. The van der Waals surface area contributed by atoms with Crippen molar-refractivity contribution in [2.75, 3.05) is 30.9 Å². The van der Waals surface area contributed by atoms with Gasteiger partial charge in [-0.15, -0.1) is 0 Å². The Bertz CT molecular complexity index is 618. The summed E-state index contributed by atoms with van der Waals surface area (Å²) in [6, 6.07) is 3.27. The SMILES string of the molecule is Nc1cc2c(cc1NC(=O)CN1CCCCCCC1=O)OCO2. The minimum absolute atomic E-state index is 0.0403. The number of amides is 2. The van der Waals surface area contributed by atoms with Crippen LogP contribution in [0.25, 0.3) is 0 Å². The van der Waals surface area contributed by atoms with Crippen molar-refractivity contribution in [2.45, 2.75) is 32.1 Å². The predicted octanol–water partition coefficient (Wildman–Crippen LogP) is 1.73. The van der Waals surface area contributed by atoms with Gasteiger partial charge in [-0.2, -0.15) is 0 Å². The zero-order valence-electron chi connectivity index (χ0n) is 13.0. The lowest BCUT2D eigenvalue weighted by molar-refractivity contribution is -0.135. The van der Waals surface area contributed by atoms with Crippen molar-refractivity contribution in [1.82, 2.24) is 4.90 Å². The summed E-state index contributed by atoms with van der Waals surface area (Å²) in [5.74, 6) is 0.902. The van der Waals surface area contributed by atoms with Gasteiger partial charge in [0, 0.05) is 25.1 Å². The molecule has 0 atom stereocenters. The van der Waals surface area contributed by atoms with Gasteiger partial charge in [0.25, 0.3) is 0 Å². The van der Waals surface area contributed by atoms with E-state index in [1.165, 1.54) is 0 Å². The second-order valence-electron chi connectivity index (χ2n) is 5.82. The Balaban J connectivity index is 1.63. The highest BCUT2D eigenvalue weighted by atomic mass is 16.7. The average molecular weight is 319 g/mol. The van der Waals surface area contributed by atoms with Gasteiger partial charge in [0.1, 0.15) is 0 Å². The van der Waals surface area contributed by atoms with Crippen molar-refractivity contribution in [3.63, 3.8) is 0 Å². The second-order valence-corrected chi connectivity index (χ2v) is 5.82. The van der Waals surface area contributed by atoms with Gasteiger partial charge in [-0.1, -0.05) is 12.8 Å². The number of nitrogens with two attached hydrogens (primary N) is 1. The van der Waals surface area contributed by atoms with E-state index in [-0.39, 0.29) is 25.2 Å². The molecule has 1 fully saturated rings. The standard InChI is InChI=1S/C16H21N3O4/c17-11-7-13-14(23-10-22-13)8-12(11)18-15(20)9-19-6-4-2-1-3-5-16(19)21/h7-8H,1-6,9-10,17H2,(H,18,20). The molecular formula is C16H21N3O4. The molecule has 1 aromatic carbocycles. The monoisotopic (exact) mass is 319 g/mol. The van der Waals surface area contributed by atoms with Crippen LogP contribution in [0.1, 0.15) is 32.1 Å². The first-order valence-corrected chi connectivity index (χ1v) is 7.90. The number of nitrogens with one attached hydrogen (secondary N) is 1. The molecule has 0 unspecified atom stereocenters. The van der Waals surface area contributed by atoms with E-state index >= 15 is 0 Å². The fourth-order valence-corrected chi connectivity index (χ4v) is 2.81. The lowest BCUT2D eigenvalue weighted by Crippen LogP contribution is -2.39. The maximum atomic E-state index is 12.2. The molecule has 0 aromatic heterocycles. The van der Waals surface area contributed by atoms with E-state index in [1.54, 1.807) is 17.0 Å². The van der Waals surface area contributed by atoms with Crippen LogP contribution in [0, 0.1) is 0 Å². The van der Waals surface area contributed by atoms with Crippen molar-refractivity contribution < 1.29 is 19.1 Å². The Morgan fingerprint density at radius 3 is 2.74 bits per heavy atom. The largest absolute Gasteiger partial charge is 0.454 e. The number of rotatable bonds is 3. The molecule has 2 aliphatic heterocycles. The highest BCUT2D eigenvalue weighted by Gasteiger charge is 2.20. The van der Waals surface area contributed by atoms with Crippen molar-refractivity contribution in [1.29, 1.82) is 0 Å². The molecule has 7 heteroatoms. The van der Waals surface area contributed by atoms with Gasteiger partial charge in [-0.25, -0.2) is 0 Å². The number of carbonyl (C=O) groups is 2. The number of hydrogen-bond acceptors (Lipinski definition) is 5. The van der Waals surface area contributed by atoms with Crippen LogP contribution in [0.4, 0.5) is 11.4 Å². The average Bonchev–Trinajstić information content (AvgIpc) is 2.94. The van der Waals surface area contributed by atoms with E-state index < -0.39 is 0 Å². The van der Waals surface area contributed by atoms with Crippen LogP contribution < -0.4 is 20.5 Å². The fraction of sp³-hybridized carbons (Fsp3) is 0.500. The van der Waals surface area contributed by atoms with Gasteiger partial charge in [0.15, 0.2) is 11.5 Å². The first-order chi connectivity index (χ1) is 11.1. The van der Waals surface area contributed by atoms with Crippen molar-refractivity contribution >= 4 is 23.2 Å². The molecule has 1 saturated heterocycles. The number of hydrogen-bond donors (Lipinski definition) is 2. The first kappa shape index (κ1) is 15.5. The molecule has 0 bridgehead atoms. The summed E-state index contributed by atoms with van der Waals surface area (Å²) in [7, 11) is 0. The van der Waals surface area contributed by atoms with Gasteiger partial charge in [0.05, 0.1) is 17.9 Å². The molecule has 124 valence electrons. The third-order valence-corrected chi connectivity index (χ3v) is 4.07. The van der Waals surface area contributed by atoms with E-state index in [9.17, 15) is 9.59 Å². The minimum Gasteiger partial charge on any atom is -0.454 e. The summed E-state index contributed by atoms with van der Waals surface area (Å²) < 4.78 is 10.5. The molecule has 2 aliphatic rings. The van der Waals surface area contributed by atoms with Crippen LogP contribution in [0.2, 0.25) is 0 Å². The second kappa shape index (κ2) is 6.76. The number of carbonyl (C=O) groups excluding carboxylic acids is 2. The Kier molecular flexibility index (Phi) is 4.55. The van der Waals surface area contributed by atoms with E-state index in [0.717, 1.165) is 25.7 Å². The molecule has 0 radical (unpaired) electrons. The van der Waals surface area contributed by atoms with Gasteiger partial charge in [0.2, 0.25) is 18.6 Å². The topological polar surface area (TPSA) is 93.9 Å². The number of likely N-dealkylation sites (tertiary alicyclic amines) is 1. The van der Waals surface area contributed by atoms with Crippen LogP contribution >= 0.6 is 0 Å². The number of benzene rings is 1. The van der Waals surface area contributed by atoms with E-state index in [1.807, 2.05) is 0 Å². The lowest BCUT2D eigenvalue weighted by atomic mass is 10.1. The van der Waals surface area contributed by atoms with Crippen LogP contribution in [0.3, 0.4) is 0 Å². The summed E-state index contributed by atoms with van der Waals surface area (Å²) >= 11 is 0. The summed E-state index contributed by atoms with van der Waals surface area (Å²) in [6.45, 7) is 0.823. The molecule has 3 N–H and O–H groups in total. The van der Waals surface area contributed by atoms with Crippen LogP contribution in [-0.4, -0.2) is 36.6 Å². The van der Waals surface area contributed by atoms with Crippen LogP contribution in [-0.2, 0) is 9.59 Å². The quantitative estimate of drug-likeness (QED) is 0.828. The molecule has 0 saturated carbocycles. The summed E-state index contributed by atoms with van der Waals surface area (Å²) in [6.07, 6.45) is 4.52. The number of nitrogen functional groups attached to an aromatic ring is 1. The summed E-state index contributed by atoms with van der Waals surface area (Å²) in [5, 5.41) is 2.75. The van der Waals surface area contributed by atoms with E-state index in [4.69, 9.17) is 15.2 Å². The normalized spacial score (nSPS) is 17.6. The first-order valence-electron chi connectivity index (χ1n) is 7.90. The van der Waals surface area contributed by atoms with Crippen molar-refractivity contribution in [3.05, 3.63) is 12.1 Å². The zero-order chi connectivity index (χ0) is 16.2. The van der Waals surface area contributed by atoms with E-state index in [2.05, 4.69) is 5.32 Å². The number of anilines is 2. The molecule has 7 nitrogen and oxygen atoms in total. The highest BCUT2D eigenvalue weighted by Crippen LogP contribution is 2.38. The third-order valence-electron chi connectivity index (χ3n) is 4.07. The Labute approximate surface area is 134 Å². The smallest absolute Gasteiger partial charge is 0.244 e. The highest BCUT2D eigenvalue weighted by molar-refractivity contribution is 5.97. The van der Waals surface area contributed by atoms with Crippen molar-refractivity contribution in [2.24, 2.45) is 0 Å². The fourth-order valence-electron chi connectivity index (χ4n) is 2.81. The molecule has 0 aliphatic carbocycles.